The van der Waals surface area contributed by atoms with Gasteiger partial charge in [0, 0.05) is 12.6 Å². The van der Waals surface area contributed by atoms with Crippen molar-refractivity contribution in [3.63, 3.8) is 0 Å². The van der Waals surface area contributed by atoms with Crippen LogP contribution in [0.5, 0.6) is 0 Å². The van der Waals surface area contributed by atoms with E-state index in [2.05, 4.69) is 41.5 Å². The first-order chi connectivity index (χ1) is 9.33. The Hall–Kier alpha value is -0.860. The van der Waals surface area contributed by atoms with E-state index in [1.165, 1.54) is 57.3 Å². The Balaban J connectivity index is 1.75. The highest BCUT2D eigenvalue weighted by Gasteiger charge is 2.20. The number of piperidine rings is 2. The Morgan fingerprint density at radius 3 is 2.79 bits per heavy atom. The molecule has 104 valence electrons. The molecule has 3 rings (SSSR count). The van der Waals surface area contributed by atoms with Gasteiger partial charge in [0.1, 0.15) is 0 Å². The molecule has 1 aromatic rings. The Kier molecular flexibility index (Phi) is 4.19. The molecule has 1 N–H and O–H groups in total. The normalized spacial score (nSPS) is 29.3. The Morgan fingerprint density at radius 1 is 1.11 bits per heavy atom. The zero-order valence-corrected chi connectivity index (χ0v) is 12.1. The van der Waals surface area contributed by atoms with E-state index in [4.69, 9.17) is 0 Å². The second-order valence-electron chi connectivity index (χ2n) is 6.27. The molecule has 2 atom stereocenters. The largest absolute Gasteiger partial charge is 0.310 e. The topological polar surface area (TPSA) is 15.3 Å². The number of nitrogens with one attached hydrogen (secondary N) is 1. The number of hydrogen-bond acceptors (Lipinski definition) is 2. The van der Waals surface area contributed by atoms with E-state index < -0.39 is 0 Å². The lowest BCUT2D eigenvalue weighted by atomic mass is 9.88. The van der Waals surface area contributed by atoms with Crippen LogP contribution in [-0.4, -0.2) is 31.6 Å². The van der Waals surface area contributed by atoms with E-state index in [1.54, 1.807) is 5.56 Å². The molecule has 0 saturated carbocycles. The van der Waals surface area contributed by atoms with Gasteiger partial charge in [-0.05, 0) is 62.9 Å². The fraction of sp³-hybridized carbons (Fsp3) is 0.647. The van der Waals surface area contributed by atoms with Crippen LogP contribution in [0.4, 0.5) is 0 Å². The maximum atomic E-state index is 3.66. The summed E-state index contributed by atoms with van der Waals surface area (Å²) in [5, 5.41) is 3.66. The molecule has 0 aliphatic carbocycles. The van der Waals surface area contributed by atoms with Gasteiger partial charge in [-0.1, -0.05) is 30.7 Å². The lowest BCUT2D eigenvalue weighted by Gasteiger charge is -2.31. The average molecular weight is 258 g/mol. The van der Waals surface area contributed by atoms with Gasteiger partial charge in [0.15, 0.2) is 0 Å². The van der Waals surface area contributed by atoms with Crippen molar-refractivity contribution in [3.05, 3.63) is 35.4 Å². The number of likely N-dealkylation sites (N-methyl/N-ethyl adjacent to an activating group) is 1. The minimum absolute atomic E-state index is 0.593. The van der Waals surface area contributed by atoms with Gasteiger partial charge < -0.3 is 10.2 Å². The van der Waals surface area contributed by atoms with E-state index in [1.807, 2.05) is 0 Å². The summed E-state index contributed by atoms with van der Waals surface area (Å²) in [4.78, 5) is 2.47. The third-order valence-electron chi connectivity index (χ3n) is 4.72. The minimum atomic E-state index is 0.593. The van der Waals surface area contributed by atoms with Crippen molar-refractivity contribution in [2.24, 2.45) is 0 Å². The zero-order valence-electron chi connectivity index (χ0n) is 12.1. The number of rotatable bonds is 2. The standard InChI is InChI=1S/C17H26N2/c1-19-11-5-8-16(13-19)14-6-4-7-15(12-14)17-9-2-3-10-18-17/h4,6-7,12,16-18H,2-3,5,8-11,13H2,1H3. The first-order valence-electron chi connectivity index (χ1n) is 7.85. The molecule has 0 radical (unpaired) electrons. The molecule has 2 heteroatoms. The molecule has 0 amide bonds. The fourth-order valence-electron chi connectivity index (χ4n) is 3.60. The van der Waals surface area contributed by atoms with Crippen LogP contribution in [0.25, 0.3) is 0 Å². The van der Waals surface area contributed by atoms with E-state index in [0.717, 1.165) is 5.92 Å². The lowest BCUT2D eigenvalue weighted by Crippen LogP contribution is -2.31. The molecule has 2 aliphatic heterocycles. The highest BCUT2D eigenvalue weighted by atomic mass is 15.1. The van der Waals surface area contributed by atoms with Gasteiger partial charge in [0.25, 0.3) is 0 Å². The SMILES string of the molecule is CN1CCCC(c2cccc(C3CCCCN3)c2)C1. The van der Waals surface area contributed by atoms with Crippen molar-refractivity contribution in [2.45, 2.75) is 44.1 Å². The lowest BCUT2D eigenvalue weighted by molar-refractivity contribution is 0.250. The molecule has 2 nitrogen and oxygen atoms in total. The van der Waals surface area contributed by atoms with Gasteiger partial charge >= 0.3 is 0 Å². The molecule has 1 aromatic carbocycles. The summed E-state index contributed by atoms with van der Waals surface area (Å²) in [5.74, 6) is 0.738. The second kappa shape index (κ2) is 6.06. The molecular weight excluding hydrogens is 232 g/mol. The summed E-state index contributed by atoms with van der Waals surface area (Å²) in [5.41, 5.74) is 3.06. The van der Waals surface area contributed by atoms with E-state index in [0.29, 0.717) is 6.04 Å². The molecule has 0 bridgehead atoms. The minimum Gasteiger partial charge on any atom is -0.310 e. The molecule has 2 aliphatic rings. The smallest absolute Gasteiger partial charge is 0.0320 e. The van der Waals surface area contributed by atoms with Gasteiger partial charge in [-0.25, -0.2) is 0 Å². The summed E-state index contributed by atoms with van der Waals surface area (Å²) < 4.78 is 0. The first-order valence-corrected chi connectivity index (χ1v) is 7.85. The fourth-order valence-corrected chi connectivity index (χ4v) is 3.60. The van der Waals surface area contributed by atoms with E-state index in [9.17, 15) is 0 Å². The van der Waals surface area contributed by atoms with Gasteiger partial charge in [-0.3, -0.25) is 0 Å². The summed E-state index contributed by atoms with van der Waals surface area (Å²) in [7, 11) is 2.25. The molecule has 0 spiro atoms. The van der Waals surface area contributed by atoms with Crippen LogP contribution >= 0.6 is 0 Å². The van der Waals surface area contributed by atoms with E-state index >= 15 is 0 Å². The third kappa shape index (κ3) is 3.18. The van der Waals surface area contributed by atoms with Crippen LogP contribution in [0.1, 0.15) is 55.2 Å². The summed E-state index contributed by atoms with van der Waals surface area (Å²) in [6, 6.07) is 9.95. The van der Waals surface area contributed by atoms with Crippen molar-refractivity contribution in [1.82, 2.24) is 10.2 Å². The van der Waals surface area contributed by atoms with Crippen LogP contribution in [0.2, 0.25) is 0 Å². The van der Waals surface area contributed by atoms with Crippen molar-refractivity contribution in [1.29, 1.82) is 0 Å². The number of nitrogens with zero attached hydrogens (tertiary/aromatic N) is 1. The molecule has 2 fully saturated rings. The quantitative estimate of drug-likeness (QED) is 0.875. The monoisotopic (exact) mass is 258 g/mol. The van der Waals surface area contributed by atoms with Crippen LogP contribution in [0, 0.1) is 0 Å². The summed E-state index contributed by atoms with van der Waals surface area (Å²) in [6.45, 7) is 3.67. The molecular formula is C17H26N2. The maximum Gasteiger partial charge on any atom is 0.0320 e. The Morgan fingerprint density at radius 2 is 2.00 bits per heavy atom. The van der Waals surface area contributed by atoms with Crippen LogP contribution in [-0.2, 0) is 0 Å². The van der Waals surface area contributed by atoms with Crippen molar-refractivity contribution < 1.29 is 0 Å². The maximum absolute atomic E-state index is 3.66. The Labute approximate surface area is 117 Å². The predicted molar refractivity (Wildman–Crippen MR) is 80.5 cm³/mol. The van der Waals surface area contributed by atoms with E-state index in [-0.39, 0.29) is 0 Å². The summed E-state index contributed by atoms with van der Waals surface area (Å²) >= 11 is 0. The predicted octanol–water partition coefficient (Wildman–Crippen LogP) is 3.31. The van der Waals surface area contributed by atoms with Crippen molar-refractivity contribution in [3.8, 4) is 0 Å². The molecule has 2 heterocycles. The average Bonchev–Trinajstić information content (AvgIpc) is 2.48. The van der Waals surface area contributed by atoms with Gasteiger partial charge in [-0.15, -0.1) is 0 Å². The molecule has 2 unspecified atom stereocenters. The molecule has 2 saturated heterocycles. The van der Waals surface area contributed by atoms with Gasteiger partial charge in [0.05, 0.1) is 0 Å². The first kappa shape index (κ1) is 13.1. The number of likely N-dealkylation sites (tertiary alicyclic amines) is 1. The second-order valence-corrected chi connectivity index (χ2v) is 6.27. The third-order valence-corrected chi connectivity index (χ3v) is 4.72. The molecule has 19 heavy (non-hydrogen) atoms. The van der Waals surface area contributed by atoms with Crippen molar-refractivity contribution >= 4 is 0 Å². The van der Waals surface area contributed by atoms with Crippen molar-refractivity contribution in [2.75, 3.05) is 26.7 Å². The number of benzene rings is 1. The summed E-state index contributed by atoms with van der Waals surface area (Å²) in [6.07, 6.45) is 6.70. The van der Waals surface area contributed by atoms with Crippen LogP contribution in [0.15, 0.2) is 24.3 Å². The highest BCUT2D eigenvalue weighted by molar-refractivity contribution is 5.29. The highest BCUT2D eigenvalue weighted by Crippen LogP contribution is 2.30. The Bertz CT molecular complexity index is 409. The van der Waals surface area contributed by atoms with Gasteiger partial charge in [0.2, 0.25) is 0 Å². The zero-order chi connectivity index (χ0) is 13.1. The number of hydrogen-bond donors (Lipinski definition) is 1. The van der Waals surface area contributed by atoms with Crippen LogP contribution in [0.3, 0.4) is 0 Å². The molecule has 0 aromatic heterocycles. The van der Waals surface area contributed by atoms with Crippen LogP contribution < -0.4 is 5.32 Å². The van der Waals surface area contributed by atoms with Gasteiger partial charge in [-0.2, -0.15) is 0 Å².